The van der Waals surface area contributed by atoms with E-state index in [4.69, 9.17) is 11.6 Å². The predicted molar refractivity (Wildman–Crippen MR) is 89.0 cm³/mol. The molecule has 0 aliphatic carbocycles. The molecule has 1 saturated heterocycles. The minimum atomic E-state index is -3.50. The SMILES string of the molecule is Cc1cncc([C@H]2CCCN(S(=O)(=O)c3ccc(Cl)cc3)C2)n1. The average Bonchev–Trinajstić information content (AvgIpc) is 2.55. The van der Waals surface area contributed by atoms with E-state index in [-0.39, 0.29) is 10.8 Å². The normalized spacial score (nSPS) is 19.7. The lowest BCUT2D eigenvalue weighted by Gasteiger charge is -2.31. The summed E-state index contributed by atoms with van der Waals surface area (Å²) < 4.78 is 27.1. The monoisotopic (exact) mass is 351 g/mol. The Labute approximate surface area is 141 Å². The number of hydrogen-bond acceptors (Lipinski definition) is 4. The van der Waals surface area contributed by atoms with Gasteiger partial charge < -0.3 is 0 Å². The quantitative estimate of drug-likeness (QED) is 0.852. The number of piperidine rings is 1. The van der Waals surface area contributed by atoms with Crippen molar-refractivity contribution in [1.82, 2.24) is 14.3 Å². The molecule has 1 atom stereocenters. The zero-order valence-electron chi connectivity index (χ0n) is 12.8. The third-order valence-electron chi connectivity index (χ3n) is 4.03. The Morgan fingerprint density at radius 3 is 2.65 bits per heavy atom. The number of sulfonamides is 1. The Bertz CT molecular complexity index is 793. The minimum absolute atomic E-state index is 0.0817. The Morgan fingerprint density at radius 2 is 1.96 bits per heavy atom. The first-order valence-electron chi connectivity index (χ1n) is 7.51. The van der Waals surface area contributed by atoms with Crippen LogP contribution >= 0.6 is 11.6 Å². The highest BCUT2D eigenvalue weighted by atomic mass is 35.5. The zero-order chi connectivity index (χ0) is 16.4. The molecule has 2 heterocycles. The first-order chi connectivity index (χ1) is 11.0. The highest BCUT2D eigenvalue weighted by Crippen LogP contribution is 2.29. The van der Waals surface area contributed by atoms with Crippen LogP contribution in [0.1, 0.15) is 30.1 Å². The van der Waals surface area contributed by atoms with E-state index in [9.17, 15) is 8.42 Å². The molecule has 5 nitrogen and oxygen atoms in total. The van der Waals surface area contributed by atoms with Crippen molar-refractivity contribution < 1.29 is 8.42 Å². The number of halogens is 1. The van der Waals surface area contributed by atoms with E-state index in [0.29, 0.717) is 18.1 Å². The van der Waals surface area contributed by atoms with Crippen LogP contribution in [0.25, 0.3) is 0 Å². The second-order valence-electron chi connectivity index (χ2n) is 5.74. The Morgan fingerprint density at radius 1 is 1.22 bits per heavy atom. The van der Waals surface area contributed by atoms with Crippen molar-refractivity contribution in [1.29, 1.82) is 0 Å². The largest absolute Gasteiger partial charge is 0.261 e. The summed E-state index contributed by atoms with van der Waals surface area (Å²) in [6, 6.07) is 6.30. The van der Waals surface area contributed by atoms with E-state index < -0.39 is 10.0 Å². The van der Waals surface area contributed by atoms with Crippen molar-refractivity contribution in [2.45, 2.75) is 30.6 Å². The number of aromatic nitrogens is 2. The number of rotatable bonds is 3. The lowest BCUT2D eigenvalue weighted by molar-refractivity contribution is 0.312. The van der Waals surface area contributed by atoms with Crippen molar-refractivity contribution >= 4 is 21.6 Å². The van der Waals surface area contributed by atoms with E-state index in [0.717, 1.165) is 24.2 Å². The van der Waals surface area contributed by atoms with Gasteiger partial charge in [-0.05, 0) is 44.0 Å². The summed E-state index contributed by atoms with van der Waals surface area (Å²) >= 11 is 5.84. The zero-order valence-corrected chi connectivity index (χ0v) is 14.4. The Hall–Kier alpha value is -1.50. The maximum absolute atomic E-state index is 12.8. The van der Waals surface area contributed by atoms with Gasteiger partial charge in [0.05, 0.1) is 16.3 Å². The molecule has 7 heteroatoms. The average molecular weight is 352 g/mol. The number of benzene rings is 1. The maximum atomic E-state index is 12.8. The fourth-order valence-electron chi connectivity index (χ4n) is 2.84. The van der Waals surface area contributed by atoms with Crippen LogP contribution in [-0.4, -0.2) is 35.8 Å². The van der Waals surface area contributed by atoms with Crippen molar-refractivity contribution in [3.05, 3.63) is 53.1 Å². The molecule has 2 aromatic rings. The highest BCUT2D eigenvalue weighted by molar-refractivity contribution is 7.89. The molecule has 1 aliphatic rings. The Balaban J connectivity index is 1.84. The van der Waals surface area contributed by atoms with Crippen LogP contribution in [-0.2, 0) is 10.0 Å². The van der Waals surface area contributed by atoms with E-state index in [2.05, 4.69) is 9.97 Å². The number of hydrogen-bond donors (Lipinski definition) is 0. The highest BCUT2D eigenvalue weighted by Gasteiger charge is 2.31. The van der Waals surface area contributed by atoms with Gasteiger partial charge in [-0.1, -0.05) is 11.6 Å². The van der Waals surface area contributed by atoms with E-state index in [1.54, 1.807) is 36.7 Å². The van der Waals surface area contributed by atoms with Gasteiger partial charge in [-0.25, -0.2) is 8.42 Å². The molecule has 23 heavy (non-hydrogen) atoms. The molecular formula is C16H18ClN3O2S. The third kappa shape index (κ3) is 3.54. The third-order valence-corrected chi connectivity index (χ3v) is 6.16. The standard InChI is InChI=1S/C16H18ClN3O2S/c1-12-9-18-10-16(19-12)13-3-2-8-20(11-13)23(21,22)15-6-4-14(17)5-7-15/h4-7,9-10,13H,2-3,8,11H2,1H3/t13-/m0/s1. The van der Waals surface area contributed by atoms with E-state index in [1.165, 1.54) is 4.31 Å². The van der Waals surface area contributed by atoms with Crippen LogP contribution in [0.4, 0.5) is 0 Å². The maximum Gasteiger partial charge on any atom is 0.243 e. The lowest BCUT2D eigenvalue weighted by atomic mass is 9.96. The molecule has 0 unspecified atom stereocenters. The molecular weight excluding hydrogens is 334 g/mol. The van der Waals surface area contributed by atoms with Crippen LogP contribution in [0.5, 0.6) is 0 Å². The predicted octanol–water partition coefficient (Wildman–Crippen LogP) is 3.01. The molecule has 0 radical (unpaired) electrons. The molecule has 1 aromatic carbocycles. The molecule has 1 fully saturated rings. The summed E-state index contributed by atoms with van der Waals surface area (Å²) in [5, 5.41) is 0.524. The van der Waals surface area contributed by atoms with Crippen LogP contribution < -0.4 is 0 Å². The minimum Gasteiger partial charge on any atom is -0.261 e. The molecule has 0 bridgehead atoms. The van der Waals surface area contributed by atoms with Crippen LogP contribution in [0, 0.1) is 6.92 Å². The van der Waals surface area contributed by atoms with Gasteiger partial charge in [-0.15, -0.1) is 0 Å². The molecule has 122 valence electrons. The summed E-state index contributed by atoms with van der Waals surface area (Å²) in [6.45, 7) is 2.85. The summed E-state index contributed by atoms with van der Waals surface area (Å²) in [5.41, 5.74) is 1.71. The van der Waals surface area contributed by atoms with Crippen molar-refractivity contribution in [2.24, 2.45) is 0 Å². The van der Waals surface area contributed by atoms with Gasteiger partial charge in [-0.2, -0.15) is 4.31 Å². The first kappa shape index (κ1) is 16.4. The van der Waals surface area contributed by atoms with Crippen LogP contribution in [0.3, 0.4) is 0 Å². The van der Waals surface area contributed by atoms with Gasteiger partial charge in [0.25, 0.3) is 0 Å². The molecule has 0 spiro atoms. The smallest absolute Gasteiger partial charge is 0.243 e. The molecule has 1 aromatic heterocycles. The number of nitrogens with zero attached hydrogens (tertiary/aromatic N) is 3. The van der Waals surface area contributed by atoms with Gasteiger partial charge in [0.1, 0.15) is 0 Å². The molecule has 3 rings (SSSR count). The fraction of sp³-hybridized carbons (Fsp3) is 0.375. The number of aryl methyl sites for hydroxylation is 1. The van der Waals surface area contributed by atoms with Gasteiger partial charge in [0.15, 0.2) is 0 Å². The molecule has 0 saturated carbocycles. The summed E-state index contributed by atoms with van der Waals surface area (Å²) in [5.74, 6) is 0.0817. The molecule has 1 aliphatic heterocycles. The van der Waals surface area contributed by atoms with Gasteiger partial charge in [0.2, 0.25) is 10.0 Å². The molecule has 0 N–H and O–H groups in total. The second kappa shape index (κ2) is 6.55. The van der Waals surface area contributed by atoms with Gasteiger partial charge in [0, 0.05) is 36.4 Å². The first-order valence-corrected chi connectivity index (χ1v) is 9.33. The fourth-order valence-corrected chi connectivity index (χ4v) is 4.49. The van der Waals surface area contributed by atoms with Crippen LogP contribution in [0.2, 0.25) is 5.02 Å². The molecule has 0 amide bonds. The summed E-state index contributed by atoms with van der Waals surface area (Å²) in [7, 11) is -3.50. The Kier molecular flexibility index (Phi) is 4.66. The van der Waals surface area contributed by atoms with Gasteiger partial charge >= 0.3 is 0 Å². The van der Waals surface area contributed by atoms with Crippen molar-refractivity contribution in [2.75, 3.05) is 13.1 Å². The van der Waals surface area contributed by atoms with Crippen molar-refractivity contribution in [3.63, 3.8) is 0 Å². The van der Waals surface area contributed by atoms with E-state index >= 15 is 0 Å². The summed E-state index contributed by atoms with van der Waals surface area (Å²) in [6.07, 6.45) is 5.17. The van der Waals surface area contributed by atoms with Crippen LogP contribution in [0.15, 0.2) is 41.6 Å². The van der Waals surface area contributed by atoms with E-state index in [1.807, 2.05) is 6.92 Å². The van der Waals surface area contributed by atoms with Gasteiger partial charge in [-0.3, -0.25) is 9.97 Å². The summed E-state index contributed by atoms with van der Waals surface area (Å²) in [4.78, 5) is 8.94. The lowest BCUT2D eigenvalue weighted by Crippen LogP contribution is -2.39. The van der Waals surface area contributed by atoms with Crippen molar-refractivity contribution in [3.8, 4) is 0 Å². The second-order valence-corrected chi connectivity index (χ2v) is 8.12. The topological polar surface area (TPSA) is 63.2 Å².